The lowest BCUT2D eigenvalue weighted by Crippen LogP contribution is -2.50. The summed E-state index contributed by atoms with van der Waals surface area (Å²) in [4.78, 5) is 16.7. The first kappa shape index (κ1) is 15.8. The van der Waals surface area contributed by atoms with Crippen LogP contribution >= 0.6 is 11.6 Å². The number of benzene rings is 1. The Morgan fingerprint density at radius 3 is 2.64 bits per heavy atom. The van der Waals surface area contributed by atoms with Gasteiger partial charge in [0.1, 0.15) is 0 Å². The van der Waals surface area contributed by atoms with Crippen LogP contribution in [0.2, 0.25) is 5.02 Å². The molecule has 1 N–H and O–H groups in total. The molecule has 1 aliphatic heterocycles. The molecule has 1 saturated heterocycles. The number of amides is 1. The molecule has 1 aliphatic carbocycles. The summed E-state index contributed by atoms with van der Waals surface area (Å²) in [6, 6.07) is 7.93. The highest BCUT2D eigenvalue weighted by Crippen LogP contribution is 2.27. The number of nitrogens with zero attached hydrogens (tertiary/aromatic N) is 2. The second-order valence-electron chi connectivity index (χ2n) is 6.34. The second kappa shape index (κ2) is 6.99. The second-order valence-corrected chi connectivity index (χ2v) is 6.77. The highest BCUT2D eigenvalue weighted by atomic mass is 35.5. The van der Waals surface area contributed by atoms with Gasteiger partial charge < -0.3 is 10.0 Å². The first-order chi connectivity index (χ1) is 10.6. The van der Waals surface area contributed by atoms with Crippen LogP contribution in [0.5, 0.6) is 0 Å². The Labute approximate surface area is 136 Å². The maximum atomic E-state index is 12.5. The summed E-state index contributed by atoms with van der Waals surface area (Å²) >= 11 is 6.02. The fraction of sp³-hybridized carbons (Fsp3) is 0.588. The van der Waals surface area contributed by atoms with Gasteiger partial charge in [-0.3, -0.25) is 9.69 Å². The van der Waals surface area contributed by atoms with Crippen molar-refractivity contribution in [3.05, 3.63) is 34.9 Å². The van der Waals surface area contributed by atoms with Crippen molar-refractivity contribution < 1.29 is 9.90 Å². The van der Waals surface area contributed by atoms with Crippen LogP contribution in [0.4, 0.5) is 0 Å². The van der Waals surface area contributed by atoms with Crippen LogP contribution in [0, 0.1) is 5.92 Å². The number of aliphatic hydroxyl groups excluding tert-OH is 1. The summed E-state index contributed by atoms with van der Waals surface area (Å²) in [5, 5.41) is 10.7. The molecule has 0 bridgehead atoms. The third-order valence-corrected chi connectivity index (χ3v) is 5.01. The van der Waals surface area contributed by atoms with Crippen LogP contribution in [0.3, 0.4) is 0 Å². The fourth-order valence-electron chi connectivity index (χ4n) is 3.48. The summed E-state index contributed by atoms with van der Waals surface area (Å²) in [5.74, 6) is -0.0214. The Morgan fingerprint density at radius 1 is 1.23 bits per heavy atom. The zero-order valence-corrected chi connectivity index (χ0v) is 13.5. The van der Waals surface area contributed by atoms with E-state index in [-0.39, 0.29) is 11.8 Å². The highest BCUT2D eigenvalue weighted by molar-refractivity contribution is 6.30. The molecule has 1 heterocycles. The maximum Gasteiger partial charge on any atom is 0.228 e. The van der Waals surface area contributed by atoms with Gasteiger partial charge in [-0.2, -0.15) is 0 Å². The monoisotopic (exact) mass is 322 g/mol. The number of piperazine rings is 1. The van der Waals surface area contributed by atoms with Crippen LogP contribution in [0.15, 0.2) is 24.3 Å². The van der Waals surface area contributed by atoms with Crippen molar-refractivity contribution in [3.63, 3.8) is 0 Å². The van der Waals surface area contributed by atoms with Crippen molar-refractivity contribution in [2.75, 3.05) is 26.2 Å². The van der Waals surface area contributed by atoms with E-state index in [1.54, 1.807) is 0 Å². The highest BCUT2D eigenvalue weighted by Gasteiger charge is 2.35. The van der Waals surface area contributed by atoms with Gasteiger partial charge in [0.25, 0.3) is 0 Å². The van der Waals surface area contributed by atoms with Crippen LogP contribution in [-0.4, -0.2) is 53.1 Å². The normalized spacial score (nSPS) is 26.4. The van der Waals surface area contributed by atoms with Gasteiger partial charge in [0, 0.05) is 37.7 Å². The van der Waals surface area contributed by atoms with E-state index in [0.717, 1.165) is 57.0 Å². The standard InChI is InChI=1S/C17H23ClN2O2/c18-14-4-1-3-13(11-14)12-19-7-9-20(10-8-19)17(22)15-5-2-6-16(15)21/h1,3-4,11,15-16,21H,2,5-10,12H2. The minimum Gasteiger partial charge on any atom is -0.392 e. The van der Waals surface area contributed by atoms with Crippen molar-refractivity contribution in [2.24, 2.45) is 5.92 Å². The van der Waals surface area contributed by atoms with E-state index in [1.807, 2.05) is 23.1 Å². The molecule has 0 aromatic heterocycles. The van der Waals surface area contributed by atoms with E-state index in [1.165, 1.54) is 5.56 Å². The van der Waals surface area contributed by atoms with Crippen molar-refractivity contribution in [2.45, 2.75) is 31.9 Å². The molecule has 2 unspecified atom stereocenters. The van der Waals surface area contributed by atoms with Crippen molar-refractivity contribution in [1.82, 2.24) is 9.80 Å². The molecule has 3 rings (SSSR count). The third-order valence-electron chi connectivity index (χ3n) is 4.78. The lowest BCUT2D eigenvalue weighted by molar-refractivity contribution is -0.140. The number of carbonyl (C=O) groups is 1. The first-order valence-electron chi connectivity index (χ1n) is 8.07. The van der Waals surface area contributed by atoms with Crippen LogP contribution in [0.1, 0.15) is 24.8 Å². The van der Waals surface area contributed by atoms with Crippen molar-refractivity contribution >= 4 is 17.5 Å². The number of hydrogen-bond donors (Lipinski definition) is 1. The number of hydrogen-bond acceptors (Lipinski definition) is 3. The number of rotatable bonds is 3. The zero-order valence-electron chi connectivity index (χ0n) is 12.7. The molecule has 0 radical (unpaired) electrons. The van der Waals surface area contributed by atoms with Gasteiger partial charge in [0.05, 0.1) is 12.0 Å². The molecule has 2 atom stereocenters. The van der Waals surface area contributed by atoms with Gasteiger partial charge in [-0.05, 0) is 37.0 Å². The van der Waals surface area contributed by atoms with Gasteiger partial charge in [-0.1, -0.05) is 23.7 Å². The van der Waals surface area contributed by atoms with Gasteiger partial charge in [0.15, 0.2) is 0 Å². The molecule has 1 amide bonds. The van der Waals surface area contributed by atoms with E-state index in [2.05, 4.69) is 11.0 Å². The van der Waals surface area contributed by atoms with Gasteiger partial charge >= 0.3 is 0 Å². The molecule has 1 saturated carbocycles. The SMILES string of the molecule is O=C(C1CCCC1O)N1CCN(Cc2cccc(Cl)c2)CC1. The van der Waals surface area contributed by atoms with E-state index in [9.17, 15) is 9.90 Å². The molecule has 4 nitrogen and oxygen atoms in total. The van der Waals surface area contributed by atoms with E-state index >= 15 is 0 Å². The zero-order chi connectivity index (χ0) is 15.5. The summed E-state index contributed by atoms with van der Waals surface area (Å²) in [5.41, 5.74) is 1.21. The topological polar surface area (TPSA) is 43.8 Å². The molecule has 0 spiro atoms. The Balaban J connectivity index is 1.51. The lowest BCUT2D eigenvalue weighted by Gasteiger charge is -2.36. The van der Waals surface area contributed by atoms with E-state index < -0.39 is 6.10 Å². The third kappa shape index (κ3) is 3.62. The minimum atomic E-state index is -0.433. The molecular formula is C17H23ClN2O2. The van der Waals surface area contributed by atoms with Gasteiger partial charge in [-0.25, -0.2) is 0 Å². The molecule has 120 valence electrons. The number of carbonyl (C=O) groups excluding carboxylic acids is 1. The van der Waals surface area contributed by atoms with Crippen LogP contribution < -0.4 is 0 Å². The fourth-order valence-corrected chi connectivity index (χ4v) is 3.70. The Hall–Kier alpha value is -1.10. The molecule has 2 fully saturated rings. The molecule has 1 aromatic carbocycles. The van der Waals surface area contributed by atoms with E-state index in [0.29, 0.717) is 0 Å². The predicted octanol–water partition coefficient (Wildman–Crippen LogP) is 2.15. The Morgan fingerprint density at radius 2 is 2.00 bits per heavy atom. The minimum absolute atomic E-state index is 0.146. The van der Waals surface area contributed by atoms with Gasteiger partial charge in [-0.15, -0.1) is 0 Å². The van der Waals surface area contributed by atoms with Crippen molar-refractivity contribution in [3.8, 4) is 0 Å². The molecule has 5 heteroatoms. The lowest BCUT2D eigenvalue weighted by atomic mass is 10.0. The average molecular weight is 323 g/mol. The first-order valence-corrected chi connectivity index (χ1v) is 8.45. The number of aliphatic hydroxyl groups is 1. The van der Waals surface area contributed by atoms with E-state index in [4.69, 9.17) is 11.6 Å². The Kier molecular flexibility index (Phi) is 5.01. The average Bonchev–Trinajstić information content (AvgIpc) is 2.93. The quantitative estimate of drug-likeness (QED) is 0.927. The largest absolute Gasteiger partial charge is 0.392 e. The maximum absolute atomic E-state index is 12.5. The smallest absolute Gasteiger partial charge is 0.228 e. The summed E-state index contributed by atoms with van der Waals surface area (Å²) in [6.07, 6.45) is 2.14. The molecule has 2 aliphatic rings. The van der Waals surface area contributed by atoms with Crippen molar-refractivity contribution in [1.29, 1.82) is 0 Å². The summed E-state index contributed by atoms with van der Waals surface area (Å²) in [6.45, 7) is 4.13. The molecular weight excluding hydrogens is 300 g/mol. The predicted molar refractivity (Wildman–Crippen MR) is 86.7 cm³/mol. The molecule has 22 heavy (non-hydrogen) atoms. The summed E-state index contributed by atoms with van der Waals surface area (Å²) < 4.78 is 0. The Bertz CT molecular complexity index is 529. The number of halogens is 1. The van der Waals surface area contributed by atoms with Crippen LogP contribution in [-0.2, 0) is 11.3 Å². The van der Waals surface area contributed by atoms with Gasteiger partial charge in [0.2, 0.25) is 5.91 Å². The molecule has 1 aromatic rings. The van der Waals surface area contributed by atoms with Crippen LogP contribution in [0.25, 0.3) is 0 Å². The summed E-state index contributed by atoms with van der Waals surface area (Å²) in [7, 11) is 0.